The van der Waals surface area contributed by atoms with E-state index in [1.54, 1.807) is 0 Å². The van der Waals surface area contributed by atoms with E-state index >= 15 is 0 Å². The number of benzene rings is 6. The molecule has 0 amide bonds. The molecule has 0 aliphatic heterocycles. The minimum absolute atomic E-state index is 0.898. The average Bonchev–Trinajstić information content (AvgIpc) is 3.33. The van der Waals surface area contributed by atoms with Gasteiger partial charge in [-0.15, -0.1) is 0 Å². The van der Waals surface area contributed by atoms with Crippen molar-refractivity contribution >= 4 is 65.4 Å². The second-order valence-electron chi connectivity index (χ2n) is 15.2. The molecule has 0 aliphatic rings. The van der Waals surface area contributed by atoms with Crippen molar-refractivity contribution in [2.75, 3.05) is 0 Å². The van der Waals surface area contributed by atoms with E-state index in [4.69, 9.17) is 19.9 Å². The van der Waals surface area contributed by atoms with Crippen LogP contribution in [0, 0.1) is 0 Å². The first kappa shape index (κ1) is 33.9. The van der Waals surface area contributed by atoms with Crippen molar-refractivity contribution in [3.05, 3.63) is 194 Å². The molecule has 0 aliphatic carbocycles. The molecule has 6 aromatic carbocycles. The van der Waals surface area contributed by atoms with Gasteiger partial charge in [-0.1, -0.05) is 121 Å². The Labute approximate surface area is 344 Å². The highest BCUT2D eigenvalue weighted by Gasteiger charge is 2.12. The van der Waals surface area contributed by atoms with Gasteiger partial charge in [0.25, 0.3) is 0 Å². The standard InChI is InChI=1S/C54H32N6/c1-5-39(29-41(6-1)47-25-21-37-15-13-35-9-3-27-55-51(35)53(37)59-47)40-17-11-33-20-24-46(58-49(33)31-40)44-18-12-34-19-23-45(57-50(34)32-44)42-7-2-8-43(30-42)48-26-22-38-16-14-36-10-4-28-56-52(36)54(38)60-48/h1-32H. The molecule has 0 saturated carbocycles. The maximum absolute atomic E-state index is 5.19. The Balaban J connectivity index is 0.861. The smallest absolute Gasteiger partial charge is 0.0972 e. The first-order chi connectivity index (χ1) is 29.7. The first-order valence-electron chi connectivity index (χ1n) is 20.0. The molecule has 0 bridgehead atoms. The quantitative estimate of drug-likeness (QED) is 0.162. The number of hydrogen-bond acceptors (Lipinski definition) is 6. The van der Waals surface area contributed by atoms with E-state index in [2.05, 4.69) is 180 Å². The summed E-state index contributed by atoms with van der Waals surface area (Å²) in [6.45, 7) is 0. The third kappa shape index (κ3) is 5.89. The van der Waals surface area contributed by atoms with Crippen LogP contribution in [0.4, 0.5) is 0 Å². The van der Waals surface area contributed by atoms with Crippen LogP contribution in [0.1, 0.15) is 0 Å². The molecule has 0 saturated heterocycles. The van der Waals surface area contributed by atoms with E-state index in [-0.39, 0.29) is 0 Å². The van der Waals surface area contributed by atoms with Gasteiger partial charge in [-0.05, 0) is 71.8 Å². The molecule has 0 radical (unpaired) electrons. The van der Waals surface area contributed by atoms with E-state index in [9.17, 15) is 0 Å². The predicted molar refractivity (Wildman–Crippen MR) is 245 cm³/mol. The van der Waals surface area contributed by atoms with Gasteiger partial charge < -0.3 is 0 Å². The molecule has 12 aromatic rings. The summed E-state index contributed by atoms with van der Waals surface area (Å²) < 4.78 is 0. The lowest BCUT2D eigenvalue weighted by Crippen LogP contribution is -1.91. The van der Waals surface area contributed by atoms with Gasteiger partial charge in [0, 0.05) is 67.0 Å². The Kier molecular flexibility index (Phi) is 7.74. The number of fused-ring (bicyclic) bond motifs is 8. The third-order valence-corrected chi connectivity index (χ3v) is 11.5. The van der Waals surface area contributed by atoms with Crippen LogP contribution in [0.5, 0.6) is 0 Å². The first-order valence-corrected chi connectivity index (χ1v) is 20.0. The summed E-state index contributed by atoms with van der Waals surface area (Å²) >= 11 is 0. The molecule has 0 atom stereocenters. The molecule has 0 spiro atoms. The van der Waals surface area contributed by atoms with E-state index < -0.39 is 0 Å². The maximum atomic E-state index is 5.19. The lowest BCUT2D eigenvalue weighted by Gasteiger charge is -2.10. The molecule has 6 aromatic heterocycles. The molecule has 6 heteroatoms. The zero-order valence-corrected chi connectivity index (χ0v) is 32.2. The van der Waals surface area contributed by atoms with Crippen LogP contribution in [-0.4, -0.2) is 29.9 Å². The third-order valence-electron chi connectivity index (χ3n) is 11.5. The lowest BCUT2D eigenvalue weighted by molar-refractivity contribution is 1.36. The minimum Gasteiger partial charge on any atom is -0.254 e. The van der Waals surface area contributed by atoms with Crippen LogP contribution in [0.15, 0.2) is 194 Å². The zero-order chi connectivity index (χ0) is 39.6. The normalized spacial score (nSPS) is 11.7. The van der Waals surface area contributed by atoms with Crippen LogP contribution in [0.3, 0.4) is 0 Å². The van der Waals surface area contributed by atoms with Gasteiger partial charge in [-0.2, -0.15) is 0 Å². The Morgan fingerprint density at radius 1 is 0.233 bits per heavy atom. The van der Waals surface area contributed by atoms with Crippen molar-refractivity contribution in [2.45, 2.75) is 0 Å². The molecule has 0 fully saturated rings. The SMILES string of the molecule is c1cc(-c2ccc3ccc(-c4ccc5ccc(-c6cccc(-c7ccc8ccc9cccnc9c8n7)c6)nc5c4)nc3c2)cc(-c2ccc3ccc4cccnc4c3n2)c1. The summed E-state index contributed by atoms with van der Waals surface area (Å²) in [5.41, 5.74) is 15.4. The van der Waals surface area contributed by atoms with Crippen LogP contribution in [0.2, 0.25) is 0 Å². The van der Waals surface area contributed by atoms with Crippen LogP contribution >= 0.6 is 0 Å². The maximum Gasteiger partial charge on any atom is 0.0972 e. The van der Waals surface area contributed by atoms with Crippen molar-refractivity contribution in [2.24, 2.45) is 0 Å². The number of rotatable bonds is 5. The molecule has 6 nitrogen and oxygen atoms in total. The average molecular weight is 765 g/mol. The summed E-state index contributed by atoms with van der Waals surface area (Å²) in [5.74, 6) is 0. The number of pyridine rings is 6. The van der Waals surface area contributed by atoms with Gasteiger partial charge >= 0.3 is 0 Å². The highest BCUT2D eigenvalue weighted by atomic mass is 14.8. The Bertz CT molecular complexity index is 3450. The fourth-order valence-corrected chi connectivity index (χ4v) is 8.36. The van der Waals surface area contributed by atoms with Gasteiger partial charge in [0.05, 0.1) is 55.9 Å². The number of hydrogen-bond donors (Lipinski definition) is 0. The molecule has 6 heterocycles. The van der Waals surface area contributed by atoms with Gasteiger partial charge in [-0.25, -0.2) is 19.9 Å². The molecular formula is C54H32N6. The number of aromatic nitrogens is 6. The largest absolute Gasteiger partial charge is 0.254 e. The Morgan fingerprint density at radius 3 is 1.12 bits per heavy atom. The second kappa shape index (κ2) is 13.7. The fourth-order valence-electron chi connectivity index (χ4n) is 8.36. The van der Waals surface area contributed by atoms with Gasteiger partial charge in [-0.3, -0.25) is 9.97 Å². The van der Waals surface area contributed by atoms with Crippen molar-refractivity contribution in [1.29, 1.82) is 0 Å². The van der Waals surface area contributed by atoms with Crippen molar-refractivity contribution in [3.63, 3.8) is 0 Å². The van der Waals surface area contributed by atoms with Crippen LogP contribution < -0.4 is 0 Å². The summed E-state index contributed by atoms with van der Waals surface area (Å²) in [4.78, 5) is 29.8. The monoisotopic (exact) mass is 764 g/mol. The van der Waals surface area contributed by atoms with Crippen molar-refractivity contribution < 1.29 is 0 Å². The highest BCUT2D eigenvalue weighted by Crippen LogP contribution is 2.33. The van der Waals surface area contributed by atoms with E-state index in [0.717, 1.165) is 122 Å². The van der Waals surface area contributed by atoms with E-state index in [1.807, 2.05) is 24.5 Å². The Hall–Kier alpha value is -8.22. The summed E-state index contributed by atoms with van der Waals surface area (Å²) in [5, 5.41) is 6.47. The minimum atomic E-state index is 0.898. The van der Waals surface area contributed by atoms with Crippen LogP contribution in [0.25, 0.3) is 122 Å². The topological polar surface area (TPSA) is 77.3 Å². The molecule has 0 N–H and O–H groups in total. The Morgan fingerprint density at radius 2 is 0.583 bits per heavy atom. The molecule has 60 heavy (non-hydrogen) atoms. The predicted octanol–water partition coefficient (Wildman–Crippen LogP) is 13.3. The lowest BCUT2D eigenvalue weighted by atomic mass is 9.99. The second-order valence-corrected chi connectivity index (χ2v) is 15.2. The van der Waals surface area contributed by atoms with Crippen LogP contribution in [-0.2, 0) is 0 Å². The molecular weight excluding hydrogens is 733 g/mol. The van der Waals surface area contributed by atoms with E-state index in [0.29, 0.717) is 0 Å². The molecule has 12 rings (SSSR count). The van der Waals surface area contributed by atoms with Crippen molar-refractivity contribution in [3.8, 4) is 56.2 Å². The van der Waals surface area contributed by atoms with Gasteiger partial charge in [0.1, 0.15) is 0 Å². The van der Waals surface area contributed by atoms with Gasteiger partial charge in [0.2, 0.25) is 0 Å². The molecule has 0 unspecified atom stereocenters. The number of nitrogens with zero attached hydrogens (tertiary/aromatic N) is 6. The molecule has 278 valence electrons. The zero-order valence-electron chi connectivity index (χ0n) is 32.2. The van der Waals surface area contributed by atoms with Gasteiger partial charge in [0.15, 0.2) is 0 Å². The highest BCUT2D eigenvalue weighted by molar-refractivity contribution is 6.04. The summed E-state index contributed by atoms with van der Waals surface area (Å²) in [7, 11) is 0. The summed E-state index contributed by atoms with van der Waals surface area (Å²) in [6, 6.07) is 63.3. The van der Waals surface area contributed by atoms with E-state index in [1.165, 1.54) is 0 Å². The van der Waals surface area contributed by atoms with Crippen molar-refractivity contribution in [1.82, 2.24) is 29.9 Å². The summed E-state index contributed by atoms with van der Waals surface area (Å²) in [6.07, 6.45) is 3.65. The fraction of sp³-hybridized carbons (Fsp3) is 0.